The third-order valence-corrected chi connectivity index (χ3v) is 3.31. The van der Waals surface area contributed by atoms with E-state index in [1.54, 1.807) is 13.2 Å². The minimum absolute atomic E-state index is 0.144. The number of para-hydroxylation sites is 1. The lowest BCUT2D eigenvalue weighted by Crippen LogP contribution is -2.38. The molecule has 0 aliphatic heterocycles. The van der Waals surface area contributed by atoms with E-state index in [1.807, 2.05) is 33.0 Å². The van der Waals surface area contributed by atoms with Crippen LogP contribution in [0, 0.1) is 5.82 Å². The second-order valence-corrected chi connectivity index (χ2v) is 4.84. The van der Waals surface area contributed by atoms with Gasteiger partial charge in [0.25, 0.3) is 0 Å². The normalized spacial score (nSPS) is 14.1. The molecule has 98 valence electrons. The Balaban J connectivity index is 2.50. The molecule has 0 radical (unpaired) electrons. The molecule has 0 amide bonds. The lowest BCUT2D eigenvalue weighted by molar-refractivity contribution is -0.0143. The maximum atomic E-state index is 13.6. The van der Waals surface area contributed by atoms with Crippen LogP contribution in [-0.4, -0.2) is 19.8 Å². The van der Waals surface area contributed by atoms with Gasteiger partial charge in [-0.1, -0.05) is 12.1 Å². The predicted molar refractivity (Wildman–Crippen MR) is 69.1 cm³/mol. The third kappa shape index (κ3) is 2.13. The zero-order valence-electron chi connectivity index (χ0n) is 11.1. The van der Waals surface area contributed by atoms with Crippen LogP contribution in [0.5, 0.6) is 0 Å². The molecule has 0 spiro atoms. The summed E-state index contributed by atoms with van der Waals surface area (Å²) in [5.74, 6) is 0.327. The number of methoxy groups -OCH3 is 1. The number of hydrogen-bond acceptors (Lipinski definition) is 3. The zero-order chi connectivity index (χ0) is 13.3. The van der Waals surface area contributed by atoms with Gasteiger partial charge in [0.05, 0.1) is 11.6 Å². The first-order valence-corrected chi connectivity index (χ1v) is 5.90. The zero-order valence-corrected chi connectivity index (χ0v) is 11.1. The van der Waals surface area contributed by atoms with Crippen molar-refractivity contribution in [1.29, 1.82) is 0 Å². The Labute approximate surface area is 106 Å². The number of hydrogen-bond donors (Lipinski definition) is 1. The highest BCUT2D eigenvalue weighted by Gasteiger charge is 2.32. The standard InChI is InChI=1S/C14H18FNO2/c1-14(2,17-4)13(16-3)11-8-9-6-5-7-10(15)12(9)18-11/h5-8,13,16H,1-4H3. The lowest BCUT2D eigenvalue weighted by Gasteiger charge is -2.31. The fourth-order valence-corrected chi connectivity index (χ4v) is 2.14. The number of likely N-dealkylation sites (N-methyl/N-ethyl adjacent to an activating group) is 1. The van der Waals surface area contributed by atoms with Crippen LogP contribution in [0.25, 0.3) is 11.0 Å². The summed E-state index contributed by atoms with van der Waals surface area (Å²) in [6.45, 7) is 3.91. The number of nitrogens with one attached hydrogen (secondary N) is 1. The van der Waals surface area contributed by atoms with Crippen molar-refractivity contribution in [1.82, 2.24) is 5.32 Å². The predicted octanol–water partition coefficient (Wildman–Crippen LogP) is 3.26. The largest absolute Gasteiger partial charge is 0.456 e. The average molecular weight is 251 g/mol. The Bertz CT molecular complexity index is 548. The van der Waals surface area contributed by atoms with Gasteiger partial charge < -0.3 is 14.5 Å². The molecule has 0 saturated heterocycles. The summed E-state index contributed by atoms with van der Waals surface area (Å²) in [6.07, 6.45) is 0. The van der Waals surface area contributed by atoms with Crippen LogP contribution in [0.3, 0.4) is 0 Å². The van der Waals surface area contributed by atoms with Gasteiger partial charge >= 0.3 is 0 Å². The Kier molecular flexibility index (Phi) is 3.41. The van der Waals surface area contributed by atoms with E-state index in [4.69, 9.17) is 9.15 Å². The van der Waals surface area contributed by atoms with Crippen LogP contribution in [0.4, 0.5) is 4.39 Å². The minimum Gasteiger partial charge on any atom is -0.456 e. The average Bonchev–Trinajstić information content (AvgIpc) is 2.74. The molecule has 0 aliphatic rings. The molecule has 2 rings (SSSR count). The number of benzene rings is 1. The molecule has 0 fully saturated rings. The maximum Gasteiger partial charge on any atom is 0.169 e. The Morgan fingerprint density at radius 2 is 2.11 bits per heavy atom. The molecular formula is C14H18FNO2. The van der Waals surface area contributed by atoms with Crippen molar-refractivity contribution < 1.29 is 13.5 Å². The van der Waals surface area contributed by atoms with Crippen molar-refractivity contribution in [2.75, 3.05) is 14.2 Å². The molecule has 3 nitrogen and oxygen atoms in total. The second-order valence-electron chi connectivity index (χ2n) is 4.84. The summed E-state index contributed by atoms with van der Waals surface area (Å²) in [7, 11) is 3.47. The summed E-state index contributed by atoms with van der Waals surface area (Å²) in [5, 5.41) is 3.91. The van der Waals surface area contributed by atoms with E-state index in [-0.39, 0.29) is 11.9 Å². The van der Waals surface area contributed by atoms with Crippen molar-refractivity contribution in [2.45, 2.75) is 25.5 Å². The molecular weight excluding hydrogens is 233 g/mol. The van der Waals surface area contributed by atoms with Gasteiger partial charge in [0, 0.05) is 12.5 Å². The Hall–Kier alpha value is -1.39. The molecule has 0 aliphatic carbocycles. The van der Waals surface area contributed by atoms with E-state index in [2.05, 4.69) is 5.32 Å². The maximum absolute atomic E-state index is 13.6. The number of furan rings is 1. The van der Waals surface area contributed by atoms with Crippen LogP contribution < -0.4 is 5.32 Å². The van der Waals surface area contributed by atoms with Gasteiger partial charge in [-0.3, -0.25) is 0 Å². The minimum atomic E-state index is -0.445. The molecule has 4 heteroatoms. The van der Waals surface area contributed by atoms with E-state index in [0.717, 1.165) is 5.39 Å². The number of halogens is 1. The van der Waals surface area contributed by atoms with Gasteiger partial charge in [-0.25, -0.2) is 4.39 Å². The Morgan fingerprint density at radius 3 is 2.67 bits per heavy atom. The quantitative estimate of drug-likeness (QED) is 0.905. The molecule has 2 aromatic rings. The first-order valence-electron chi connectivity index (χ1n) is 5.90. The van der Waals surface area contributed by atoms with Crippen molar-refractivity contribution in [3.63, 3.8) is 0 Å². The molecule has 1 heterocycles. The third-order valence-electron chi connectivity index (χ3n) is 3.31. The summed E-state index contributed by atoms with van der Waals surface area (Å²) in [4.78, 5) is 0. The molecule has 1 unspecified atom stereocenters. The number of fused-ring (bicyclic) bond motifs is 1. The summed E-state index contributed by atoms with van der Waals surface area (Å²) in [5.41, 5.74) is -0.154. The smallest absolute Gasteiger partial charge is 0.169 e. The molecule has 1 aromatic carbocycles. The molecule has 18 heavy (non-hydrogen) atoms. The summed E-state index contributed by atoms with van der Waals surface area (Å²) in [6, 6.07) is 6.60. The van der Waals surface area contributed by atoms with Crippen molar-refractivity contribution in [3.8, 4) is 0 Å². The lowest BCUT2D eigenvalue weighted by atomic mass is 9.96. The second kappa shape index (κ2) is 4.71. The van der Waals surface area contributed by atoms with Crippen LogP contribution in [-0.2, 0) is 4.74 Å². The van der Waals surface area contributed by atoms with Gasteiger partial charge in [-0.2, -0.15) is 0 Å². The van der Waals surface area contributed by atoms with E-state index in [0.29, 0.717) is 11.3 Å². The first-order chi connectivity index (χ1) is 8.49. The van der Waals surface area contributed by atoms with Crippen LogP contribution in [0.15, 0.2) is 28.7 Å². The molecule has 1 aromatic heterocycles. The van der Waals surface area contributed by atoms with Crippen molar-refractivity contribution >= 4 is 11.0 Å². The highest BCUT2D eigenvalue weighted by molar-refractivity contribution is 5.78. The highest BCUT2D eigenvalue weighted by atomic mass is 19.1. The Morgan fingerprint density at radius 1 is 1.39 bits per heavy atom. The molecule has 1 N–H and O–H groups in total. The van der Waals surface area contributed by atoms with Gasteiger partial charge in [-0.15, -0.1) is 0 Å². The fourth-order valence-electron chi connectivity index (χ4n) is 2.14. The molecule has 0 saturated carbocycles. The van der Waals surface area contributed by atoms with Crippen LogP contribution in [0.1, 0.15) is 25.6 Å². The van der Waals surface area contributed by atoms with E-state index in [9.17, 15) is 4.39 Å². The molecule has 0 bridgehead atoms. The van der Waals surface area contributed by atoms with Crippen molar-refractivity contribution in [3.05, 3.63) is 35.8 Å². The highest BCUT2D eigenvalue weighted by Crippen LogP contribution is 2.32. The first kappa shape index (κ1) is 13.1. The summed E-state index contributed by atoms with van der Waals surface area (Å²) < 4.78 is 24.7. The molecule has 1 atom stereocenters. The number of ether oxygens (including phenoxy) is 1. The van der Waals surface area contributed by atoms with Crippen LogP contribution in [0.2, 0.25) is 0 Å². The van der Waals surface area contributed by atoms with E-state index >= 15 is 0 Å². The topological polar surface area (TPSA) is 34.4 Å². The fraction of sp³-hybridized carbons (Fsp3) is 0.429. The van der Waals surface area contributed by atoms with Gasteiger partial charge in [0.2, 0.25) is 0 Å². The van der Waals surface area contributed by atoms with Crippen molar-refractivity contribution in [2.24, 2.45) is 0 Å². The van der Waals surface area contributed by atoms with E-state index < -0.39 is 5.60 Å². The van der Waals surface area contributed by atoms with Crippen LogP contribution >= 0.6 is 0 Å². The number of rotatable bonds is 4. The van der Waals surface area contributed by atoms with Gasteiger partial charge in [-0.05, 0) is 33.0 Å². The monoisotopic (exact) mass is 251 g/mol. The van der Waals surface area contributed by atoms with Gasteiger partial charge in [0.1, 0.15) is 5.76 Å². The van der Waals surface area contributed by atoms with Gasteiger partial charge in [0.15, 0.2) is 11.4 Å². The SMILES string of the molecule is CNC(c1cc2cccc(F)c2o1)C(C)(C)OC. The summed E-state index contributed by atoms with van der Waals surface area (Å²) >= 11 is 0. The van der Waals surface area contributed by atoms with E-state index in [1.165, 1.54) is 6.07 Å².